The van der Waals surface area contributed by atoms with E-state index >= 15 is 0 Å². The number of likely N-dealkylation sites (N-methyl/N-ethyl adjacent to an activating group) is 1. The number of fused-ring (bicyclic) bond motifs is 1. The Balaban J connectivity index is 1.35. The van der Waals surface area contributed by atoms with Crippen LogP contribution in [0.4, 0.5) is 13.2 Å². The third-order valence-electron chi connectivity index (χ3n) is 4.43. The van der Waals surface area contributed by atoms with Crippen molar-refractivity contribution in [2.75, 3.05) is 20.2 Å². The lowest BCUT2D eigenvalue weighted by Gasteiger charge is -2.29. The Labute approximate surface area is 164 Å². The molecule has 0 amide bonds. The molecule has 1 aliphatic heterocycles. The predicted octanol–water partition coefficient (Wildman–Crippen LogP) is 4.03. The van der Waals surface area contributed by atoms with Gasteiger partial charge in [-0.1, -0.05) is 29.4 Å². The van der Waals surface area contributed by atoms with Gasteiger partial charge in [0.2, 0.25) is 11.7 Å². The lowest BCUT2D eigenvalue weighted by molar-refractivity contribution is -0.137. The number of nitrogens with zero attached hydrogens (tertiary/aromatic N) is 3. The first kappa shape index (κ1) is 19.3. The predicted molar refractivity (Wildman–Crippen MR) is 97.4 cm³/mol. The van der Waals surface area contributed by atoms with Gasteiger partial charge in [-0.15, -0.1) is 0 Å². The fourth-order valence-corrected chi connectivity index (χ4v) is 3.04. The van der Waals surface area contributed by atoms with Crippen LogP contribution >= 0.6 is 0 Å². The van der Waals surface area contributed by atoms with E-state index in [0.717, 1.165) is 17.9 Å². The van der Waals surface area contributed by atoms with Gasteiger partial charge in [-0.2, -0.15) is 18.2 Å². The largest absolute Gasteiger partial charge is 0.486 e. The maximum Gasteiger partial charge on any atom is 0.416 e. The van der Waals surface area contributed by atoms with Gasteiger partial charge in [0.1, 0.15) is 12.7 Å². The second-order valence-corrected chi connectivity index (χ2v) is 6.78. The second-order valence-electron chi connectivity index (χ2n) is 6.78. The maximum absolute atomic E-state index is 12.7. The number of halogens is 3. The molecule has 0 unspecified atom stereocenters. The molecule has 2 aromatic carbocycles. The van der Waals surface area contributed by atoms with Crippen LogP contribution in [0.1, 0.15) is 11.5 Å². The van der Waals surface area contributed by atoms with Crippen LogP contribution in [-0.2, 0) is 12.7 Å². The van der Waals surface area contributed by atoms with Gasteiger partial charge in [0.25, 0.3) is 0 Å². The van der Waals surface area contributed by atoms with Crippen molar-refractivity contribution in [3.05, 3.63) is 60.0 Å². The quantitative estimate of drug-likeness (QED) is 0.639. The van der Waals surface area contributed by atoms with E-state index in [1.54, 1.807) is 0 Å². The van der Waals surface area contributed by atoms with Crippen molar-refractivity contribution < 1.29 is 27.2 Å². The van der Waals surface area contributed by atoms with Crippen molar-refractivity contribution in [3.8, 4) is 22.9 Å². The number of rotatable bonds is 5. The fraction of sp³-hybridized carbons (Fsp3) is 0.300. The van der Waals surface area contributed by atoms with Crippen LogP contribution in [0.15, 0.2) is 53.1 Å². The molecule has 0 spiro atoms. The number of aromatic nitrogens is 2. The summed E-state index contributed by atoms with van der Waals surface area (Å²) in [7, 11) is 1.88. The van der Waals surface area contributed by atoms with Crippen LogP contribution in [-0.4, -0.2) is 41.3 Å². The second kappa shape index (κ2) is 7.75. The fourth-order valence-electron chi connectivity index (χ4n) is 3.04. The van der Waals surface area contributed by atoms with Gasteiger partial charge in [0.05, 0.1) is 12.1 Å². The van der Waals surface area contributed by atoms with Crippen molar-refractivity contribution in [1.29, 1.82) is 0 Å². The molecule has 152 valence electrons. The number of ether oxygens (including phenoxy) is 2. The zero-order chi connectivity index (χ0) is 20.4. The van der Waals surface area contributed by atoms with Crippen LogP contribution in [0.3, 0.4) is 0 Å². The number of alkyl halides is 3. The molecule has 0 saturated carbocycles. The Morgan fingerprint density at radius 1 is 1.07 bits per heavy atom. The number of benzene rings is 2. The summed E-state index contributed by atoms with van der Waals surface area (Å²) in [6.45, 7) is 1.38. The van der Waals surface area contributed by atoms with Crippen LogP contribution in [0.5, 0.6) is 11.5 Å². The van der Waals surface area contributed by atoms with Crippen molar-refractivity contribution >= 4 is 0 Å². The van der Waals surface area contributed by atoms with Crippen LogP contribution in [0, 0.1) is 0 Å². The minimum atomic E-state index is -4.38. The zero-order valence-electron chi connectivity index (χ0n) is 15.5. The van der Waals surface area contributed by atoms with Crippen LogP contribution < -0.4 is 9.47 Å². The molecule has 29 heavy (non-hydrogen) atoms. The molecule has 0 aliphatic carbocycles. The highest BCUT2D eigenvalue weighted by Gasteiger charge is 2.30. The minimum Gasteiger partial charge on any atom is -0.486 e. The standard InChI is InChI=1S/C20H18F3N3O3/c1-26(10-15-12-27-16-4-2-3-5-17(16)28-15)11-18-24-19(25-29-18)13-6-8-14(9-7-13)20(21,22)23/h2-9,15H,10-12H2,1H3/t15-/m0/s1. The van der Waals surface area contributed by atoms with Gasteiger partial charge < -0.3 is 14.0 Å². The third kappa shape index (κ3) is 4.51. The molecule has 4 rings (SSSR count). The summed E-state index contributed by atoms with van der Waals surface area (Å²) in [6.07, 6.45) is -4.53. The van der Waals surface area contributed by atoms with E-state index < -0.39 is 11.7 Å². The molecular formula is C20H18F3N3O3. The molecule has 0 fully saturated rings. The van der Waals surface area contributed by atoms with E-state index in [2.05, 4.69) is 10.1 Å². The summed E-state index contributed by atoms with van der Waals surface area (Å²) in [5.74, 6) is 2.04. The molecule has 0 saturated heterocycles. The lowest BCUT2D eigenvalue weighted by atomic mass is 10.1. The summed E-state index contributed by atoms with van der Waals surface area (Å²) < 4.78 is 54.9. The molecular weight excluding hydrogens is 387 g/mol. The van der Waals surface area contributed by atoms with Crippen molar-refractivity contribution in [1.82, 2.24) is 15.0 Å². The van der Waals surface area contributed by atoms with Gasteiger partial charge in [-0.3, -0.25) is 4.90 Å². The van der Waals surface area contributed by atoms with Crippen molar-refractivity contribution in [3.63, 3.8) is 0 Å². The van der Waals surface area contributed by atoms with E-state index in [9.17, 15) is 13.2 Å². The summed E-state index contributed by atoms with van der Waals surface area (Å²) in [5, 5.41) is 3.86. The first-order chi connectivity index (χ1) is 13.9. The topological polar surface area (TPSA) is 60.6 Å². The van der Waals surface area contributed by atoms with E-state index in [1.807, 2.05) is 36.2 Å². The molecule has 3 aromatic rings. The molecule has 6 nitrogen and oxygen atoms in total. The van der Waals surface area contributed by atoms with Gasteiger partial charge in [-0.25, -0.2) is 0 Å². The van der Waals surface area contributed by atoms with Crippen molar-refractivity contribution in [2.45, 2.75) is 18.8 Å². The summed E-state index contributed by atoms with van der Waals surface area (Å²) in [5.41, 5.74) is -0.266. The maximum atomic E-state index is 12.7. The average Bonchev–Trinajstić information content (AvgIpc) is 3.15. The van der Waals surface area contributed by atoms with Crippen LogP contribution in [0.25, 0.3) is 11.4 Å². The van der Waals surface area contributed by atoms with Gasteiger partial charge >= 0.3 is 6.18 Å². The first-order valence-corrected chi connectivity index (χ1v) is 8.96. The molecule has 1 aliphatic rings. The summed E-state index contributed by atoms with van der Waals surface area (Å²) >= 11 is 0. The van der Waals surface area contributed by atoms with Gasteiger partial charge in [-0.05, 0) is 31.3 Å². The van der Waals surface area contributed by atoms with E-state index in [4.69, 9.17) is 14.0 Å². The van der Waals surface area contributed by atoms with E-state index in [-0.39, 0.29) is 11.9 Å². The van der Waals surface area contributed by atoms with Crippen LogP contribution in [0.2, 0.25) is 0 Å². The molecule has 2 heterocycles. The monoisotopic (exact) mass is 405 g/mol. The van der Waals surface area contributed by atoms with Gasteiger partial charge in [0, 0.05) is 12.1 Å². The molecule has 0 N–H and O–H groups in total. The number of para-hydroxylation sites is 2. The Hall–Kier alpha value is -3.07. The average molecular weight is 405 g/mol. The Morgan fingerprint density at radius 2 is 1.79 bits per heavy atom. The highest BCUT2D eigenvalue weighted by molar-refractivity contribution is 5.54. The number of hydrogen-bond acceptors (Lipinski definition) is 6. The molecule has 1 aromatic heterocycles. The first-order valence-electron chi connectivity index (χ1n) is 8.96. The Kier molecular flexibility index (Phi) is 5.14. The highest BCUT2D eigenvalue weighted by Crippen LogP contribution is 2.31. The smallest absolute Gasteiger partial charge is 0.416 e. The molecule has 9 heteroatoms. The Morgan fingerprint density at radius 3 is 2.52 bits per heavy atom. The number of hydrogen-bond donors (Lipinski definition) is 0. The third-order valence-corrected chi connectivity index (χ3v) is 4.43. The van der Waals surface area contributed by atoms with Gasteiger partial charge in [0.15, 0.2) is 11.5 Å². The zero-order valence-corrected chi connectivity index (χ0v) is 15.5. The van der Waals surface area contributed by atoms with Crippen molar-refractivity contribution in [2.24, 2.45) is 0 Å². The molecule has 0 bridgehead atoms. The molecule has 1 atom stereocenters. The highest BCUT2D eigenvalue weighted by atomic mass is 19.4. The normalized spacial score (nSPS) is 16.2. The summed E-state index contributed by atoms with van der Waals surface area (Å²) in [6, 6.07) is 12.1. The van der Waals surface area contributed by atoms with E-state index in [0.29, 0.717) is 36.9 Å². The molecule has 0 radical (unpaired) electrons. The minimum absolute atomic E-state index is 0.146. The SMILES string of the molecule is CN(Cc1nc(-c2ccc(C(F)(F)F)cc2)no1)C[C@H]1COc2ccccc2O1. The van der Waals surface area contributed by atoms with E-state index in [1.165, 1.54) is 12.1 Å². The Bertz CT molecular complexity index is 973. The lowest BCUT2D eigenvalue weighted by Crippen LogP contribution is -2.39. The summed E-state index contributed by atoms with van der Waals surface area (Å²) in [4.78, 5) is 6.22.